The van der Waals surface area contributed by atoms with E-state index in [-0.39, 0.29) is 6.61 Å². The zero-order chi connectivity index (χ0) is 22.5. The van der Waals surface area contributed by atoms with E-state index in [0.717, 1.165) is 36.4 Å². The SMILES string of the molecule is N#C/C(=C/c1cc(Br)c(OCc2ccccc2C#N)c(Br)c1)c1ccc2ccccc2c1. The first kappa shape index (κ1) is 21.8. The van der Waals surface area contributed by atoms with Crippen LogP contribution < -0.4 is 4.74 Å². The van der Waals surface area contributed by atoms with E-state index in [4.69, 9.17) is 4.74 Å². The molecule has 0 saturated heterocycles. The van der Waals surface area contributed by atoms with Crippen molar-refractivity contribution in [1.82, 2.24) is 0 Å². The predicted octanol–water partition coefficient (Wildman–Crippen LogP) is 7.88. The second-order valence-corrected chi connectivity index (χ2v) is 8.81. The Morgan fingerprint density at radius 1 is 0.844 bits per heavy atom. The van der Waals surface area contributed by atoms with Crippen LogP contribution in [0.15, 0.2) is 87.8 Å². The van der Waals surface area contributed by atoms with Gasteiger partial charge in [0.2, 0.25) is 0 Å². The highest BCUT2D eigenvalue weighted by Gasteiger charge is 2.11. The Hall–Kier alpha value is -3.38. The highest BCUT2D eigenvalue weighted by molar-refractivity contribution is 9.11. The summed E-state index contributed by atoms with van der Waals surface area (Å²) in [7, 11) is 0. The minimum absolute atomic E-state index is 0.274. The van der Waals surface area contributed by atoms with E-state index in [1.54, 1.807) is 6.07 Å². The highest BCUT2D eigenvalue weighted by atomic mass is 79.9. The summed E-state index contributed by atoms with van der Waals surface area (Å²) < 4.78 is 7.49. The maximum absolute atomic E-state index is 9.77. The maximum atomic E-state index is 9.77. The minimum atomic E-state index is 0.274. The summed E-state index contributed by atoms with van der Waals surface area (Å²) in [5.74, 6) is 0.638. The number of halogens is 2. The van der Waals surface area contributed by atoms with Crippen LogP contribution >= 0.6 is 31.9 Å². The van der Waals surface area contributed by atoms with Crippen LogP contribution in [0.1, 0.15) is 22.3 Å². The Kier molecular flexibility index (Phi) is 6.71. The van der Waals surface area contributed by atoms with E-state index in [1.165, 1.54) is 0 Å². The van der Waals surface area contributed by atoms with Gasteiger partial charge in [0.25, 0.3) is 0 Å². The van der Waals surface area contributed by atoms with E-state index in [1.807, 2.05) is 72.8 Å². The first-order valence-corrected chi connectivity index (χ1v) is 11.4. The van der Waals surface area contributed by atoms with E-state index in [9.17, 15) is 10.5 Å². The van der Waals surface area contributed by atoms with Crippen molar-refractivity contribution in [1.29, 1.82) is 10.5 Å². The molecule has 0 radical (unpaired) electrons. The van der Waals surface area contributed by atoms with Crippen molar-refractivity contribution in [2.45, 2.75) is 6.61 Å². The van der Waals surface area contributed by atoms with Gasteiger partial charge in [-0.1, -0.05) is 54.6 Å². The van der Waals surface area contributed by atoms with Gasteiger partial charge in [-0.05, 0) is 84.1 Å². The van der Waals surface area contributed by atoms with Crippen molar-refractivity contribution in [3.05, 3.63) is 110 Å². The Balaban J connectivity index is 1.62. The number of hydrogen-bond acceptors (Lipinski definition) is 3. The average Bonchev–Trinajstić information content (AvgIpc) is 2.82. The van der Waals surface area contributed by atoms with Crippen molar-refractivity contribution in [2.24, 2.45) is 0 Å². The smallest absolute Gasteiger partial charge is 0.148 e. The normalized spacial score (nSPS) is 11.1. The molecular weight excluding hydrogens is 528 g/mol. The second kappa shape index (κ2) is 9.83. The molecule has 0 atom stereocenters. The number of ether oxygens (including phenoxy) is 1. The quantitative estimate of drug-likeness (QED) is 0.190. The first-order chi connectivity index (χ1) is 15.6. The summed E-state index contributed by atoms with van der Waals surface area (Å²) in [6.45, 7) is 0.274. The molecule has 0 aliphatic carbocycles. The zero-order valence-electron chi connectivity index (χ0n) is 16.8. The Morgan fingerprint density at radius 2 is 1.53 bits per heavy atom. The zero-order valence-corrected chi connectivity index (χ0v) is 20.0. The summed E-state index contributed by atoms with van der Waals surface area (Å²) in [5.41, 5.74) is 3.71. The number of rotatable bonds is 5. The lowest BCUT2D eigenvalue weighted by molar-refractivity contribution is 0.302. The van der Waals surface area contributed by atoms with E-state index < -0.39 is 0 Å². The third-order valence-electron chi connectivity index (χ3n) is 5.02. The van der Waals surface area contributed by atoms with Gasteiger partial charge in [-0.25, -0.2) is 0 Å². The predicted molar refractivity (Wildman–Crippen MR) is 135 cm³/mol. The summed E-state index contributed by atoms with van der Waals surface area (Å²) in [4.78, 5) is 0. The number of hydrogen-bond donors (Lipinski definition) is 0. The summed E-state index contributed by atoms with van der Waals surface area (Å²) in [6, 6.07) is 29.8. The molecule has 0 amide bonds. The molecule has 0 unspecified atom stereocenters. The van der Waals surface area contributed by atoms with E-state index in [0.29, 0.717) is 16.9 Å². The lowest BCUT2D eigenvalue weighted by Gasteiger charge is -2.12. The van der Waals surface area contributed by atoms with Gasteiger partial charge in [0.05, 0.1) is 32.2 Å². The van der Waals surface area contributed by atoms with Crippen LogP contribution in [-0.2, 0) is 6.61 Å². The van der Waals surface area contributed by atoms with Crippen molar-refractivity contribution in [3.8, 4) is 17.9 Å². The molecule has 4 aromatic carbocycles. The average molecular weight is 544 g/mol. The van der Waals surface area contributed by atoms with Crippen molar-refractivity contribution in [3.63, 3.8) is 0 Å². The van der Waals surface area contributed by atoms with Crippen LogP contribution in [0.5, 0.6) is 5.75 Å². The number of benzene rings is 4. The third-order valence-corrected chi connectivity index (χ3v) is 6.20. The summed E-state index contributed by atoms with van der Waals surface area (Å²) in [5, 5.41) is 21.3. The van der Waals surface area contributed by atoms with E-state index in [2.05, 4.69) is 50.1 Å². The van der Waals surface area contributed by atoms with Crippen molar-refractivity contribution in [2.75, 3.05) is 0 Å². The molecule has 154 valence electrons. The molecule has 4 aromatic rings. The third kappa shape index (κ3) is 4.75. The largest absolute Gasteiger partial charge is 0.486 e. The Morgan fingerprint density at radius 3 is 2.25 bits per heavy atom. The van der Waals surface area contributed by atoms with Crippen molar-refractivity contribution >= 4 is 54.3 Å². The van der Waals surface area contributed by atoms with Gasteiger partial charge < -0.3 is 4.74 Å². The molecule has 0 spiro atoms. The van der Waals surface area contributed by atoms with Crippen molar-refractivity contribution < 1.29 is 4.74 Å². The van der Waals surface area contributed by atoms with E-state index >= 15 is 0 Å². The van der Waals surface area contributed by atoms with Gasteiger partial charge in [0.15, 0.2) is 0 Å². The molecular formula is C27H16Br2N2O. The standard InChI is InChI=1S/C27H16Br2N2O/c28-25-12-18(11-24(16-31)21-10-9-19-5-1-2-6-20(19)14-21)13-26(29)27(25)32-17-23-8-4-3-7-22(23)15-30/h1-14H,17H2/b24-11-. The fourth-order valence-electron chi connectivity index (χ4n) is 3.41. The lowest BCUT2D eigenvalue weighted by atomic mass is 10.00. The number of fused-ring (bicyclic) bond motifs is 1. The molecule has 0 fully saturated rings. The summed E-state index contributed by atoms with van der Waals surface area (Å²) in [6.07, 6.45) is 1.86. The van der Waals surface area contributed by atoms with Crippen LogP contribution in [0.3, 0.4) is 0 Å². The van der Waals surface area contributed by atoms with Crippen LogP contribution in [0.4, 0.5) is 0 Å². The molecule has 0 aromatic heterocycles. The molecule has 0 bridgehead atoms. The molecule has 5 heteroatoms. The Labute approximate surface area is 203 Å². The molecule has 0 heterocycles. The summed E-state index contributed by atoms with van der Waals surface area (Å²) >= 11 is 7.15. The minimum Gasteiger partial charge on any atom is -0.486 e. The molecule has 0 saturated carbocycles. The van der Waals surface area contributed by atoms with Crippen LogP contribution in [0.2, 0.25) is 0 Å². The fraction of sp³-hybridized carbons (Fsp3) is 0.0370. The molecule has 32 heavy (non-hydrogen) atoms. The fourth-order valence-corrected chi connectivity index (χ4v) is 4.86. The van der Waals surface area contributed by atoms with Gasteiger partial charge in [-0.15, -0.1) is 0 Å². The van der Waals surface area contributed by atoms with Gasteiger partial charge in [0, 0.05) is 5.56 Å². The maximum Gasteiger partial charge on any atom is 0.148 e. The molecule has 4 rings (SSSR count). The molecule has 0 aliphatic heterocycles. The molecule has 3 nitrogen and oxygen atoms in total. The van der Waals surface area contributed by atoms with Gasteiger partial charge in [-0.3, -0.25) is 0 Å². The van der Waals surface area contributed by atoms with Crippen LogP contribution in [-0.4, -0.2) is 0 Å². The molecule has 0 N–H and O–H groups in total. The monoisotopic (exact) mass is 542 g/mol. The number of nitrogens with zero attached hydrogens (tertiary/aromatic N) is 2. The van der Waals surface area contributed by atoms with Gasteiger partial charge in [-0.2, -0.15) is 10.5 Å². The van der Waals surface area contributed by atoms with Gasteiger partial charge in [0.1, 0.15) is 12.4 Å². The lowest BCUT2D eigenvalue weighted by Crippen LogP contribution is -1.99. The first-order valence-electron chi connectivity index (χ1n) is 9.80. The number of nitriles is 2. The topological polar surface area (TPSA) is 56.8 Å². The van der Waals surface area contributed by atoms with Gasteiger partial charge >= 0.3 is 0 Å². The van der Waals surface area contributed by atoms with Crippen LogP contribution in [0.25, 0.3) is 22.4 Å². The van der Waals surface area contributed by atoms with Crippen LogP contribution in [0, 0.1) is 22.7 Å². The second-order valence-electron chi connectivity index (χ2n) is 7.10. The highest BCUT2D eigenvalue weighted by Crippen LogP contribution is 2.36. The molecule has 0 aliphatic rings. The number of allylic oxidation sites excluding steroid dienone is 1. The Bertz CT molecular complexity index is 1400.